The summed E-state index contributed by atoms with van der Waals surface area (Å²) in [5, 5.41) is 6.50. The maximum atomic E-state index is 5.55. The van der Waals surface area contributed by atoms with Crippen LogP contribution >= 0.6 is 15.9 Å². The van der Waals surface area contributed by atoms with Crippen LogP contribution in [-0.2, 0) is 4.74 Å². The molecule has 84 valence electrons. The first kappa shape index (κ1) is 11.1. The summed E-state index contributed by atoms with van der Waals surface area (Å²) in [6.07, 6.45) is 1.89. The molecule has 0 spiro atoms. The number of rotatable bonds is 4. The van der Waals surface area contributed by atoms with Crippen molar-refractivity contribution >= 4 is 32.5 Å². The molecule has 0 aromatic heterocycles. The minimum atomic E-state index is 0.172. The van der Waals surface area contributed by atoms with Gasteiger partial charge >= 0.3 is 0 Å². The maximum absolute atomic E-state index is 5.55. The highest BCUT2D eigenvalue weighted by atomic mass is 79.9. The van der Waals surface area contributed by atoms with E-state index in [2.05, 4.69) is 36.5 Å². The lowest BCUT2D eigenvalue weighted by molar-refractivity contribution is 0.0282. The molecule has 2 rings (SSSR count). The summed E-state index contributed by atoms with van der Waals surface area (Å²) in [6.45, 7) is 2.32. The maximum Gasteiger partial charge on any atom is 0.130 e. The molecule has 0 aromatic rings. The number of ether oxygens (including phenoxy) is 1. The van der Waals surface area contributed by atoms with Gasteiger partial charge in [0, 0.05) is 16.8 Å². The van der Waals surface area contributed by atoms with E-state index in [1.54, 1.807) is 6.34 Å². The number of halogens is 1. The minimum Gasteiger partial charge on any atom is -0.370 e. The Morgan fingerprint density at radius 3 is 3.40 bits per heavy atom. The molecule has 5 nitrogen and oxygen atoms in total. The Labute approximate surface area is 100 Å². The van der Waals surface area contributed by atoms with Gasteiger partial charge in [0.15, 0.2) is 0 Å². The van der Waals surface area contributed by atoms with Gasteiger partial charge in [0.05, 0.1) is 18.7 Å². The third-order valence-corrected chi connectivity index (χ3v) is 3.39. The van der Waals surface area contributed by atoms with Gasteiger partial charge in [-0.15, -0.1) is 0 Å². The molecule has 0 aliphatic carbocycles. The number of nitrogens with zero attached hydrogens (tertiary/aromatic N) is 2. The van der Waals surface area contributed by atoms with Crippen LogP contribution in [0.25, 0.3) is 0 Å². The molecule has 0 amide bonds. The van der Waals surface area contributed by atoms with E-state index in [0.29, 0.717) is 6.73 Å². The van der Waals surface area contributed by atoms with Crippen molar-refractivity contribution in [2.75, 3.05) is 20.0 Å². The number of fused-ring (bicyclic) bond motifs is 1. The lowest BCUT2D eigenvalue weighted by atomic mass is 10.3. The fourth-order valence-corrected chi connectivity index (χ4v) is 2.36. The van der Waals surface area contributed by atoms with Crippen molar-refractivity contribution in [3.05, 3.63) is 10.3 Å². The van der Waals surface area contributed by atoms with Gasteiger partial charge in [-0.05, 0) is 22.0 Å². The molecule has 2 aliphatic rings. The molecule has 2 heterocycles. The summed E-state index contributed by atoms with van der Waals surface area (Å²) >= 11 is 3.42. The second kappa shape index (κ2) is 5.11. The smallest absolute Gasteiger partial charge is 0.130 e. The van der Waals surface area contributed by atoms with Gasteiger partial charge in [0.2, 0.25) is 0 Å². The summed E-state index contributed by atoms with van der Waals surface area (Å²) in [5.74, 6) is 0. The fraction of sp³-hybridized carbons (Fsp3) is 0.625. The normalized spacial score (nSPS) is 25.3. The molecule has 0 aromatic carbocycles. The second-order valence-corrected chi connectivity index (χ2v) is 5.24. The van der Waals surface area contributed by atoms with Gasteiger partial charge in [-0.25, -0.2) is 9.89 Å². The Morgan fingerprint density at radius 2 is 2.60 bits per heavy atom. The summed E-state index contributed by atoms with van der Waals surface area (Å²) < 4.78 is 6.42. The van der Waals surface area contributed by atoms with Crippen molar-refractivity contribution in [2.24, 2.45) is 4.99 Å². The van der Waals surface area contributed by atoms with Crippen LogP contribution in [-0.4, -0.2) is 47.7 Å². The predicted octanol–water partition coefficient (Wildman–Crippen LogP) is -0.871. The molecule has 15 heavy (non-hydrogen) atoms. The standard InChI is InChI=1S/C8H15BrN4OSi/c9-7-6-8(11-3-10-7)13(4-12-6)5-14-1-2-15/h3,8,12H,1-2,4-5H2,15H3,(H,10,11). The quantitative estimate of drug-likeness (QED) is 0.402. The number of hydrogen-bond donors (Lipinski definition) is 2. The van der Waals surface area contributed by atoms with Crippen LogP contribution in [0.2, 0.25) is 6.04 Å². The van der Waals surface area contributed by atoms with Gasteiger partial charge in [-0.1, -0.05) is 0 Å². The van der Waals surface area contributed by atoms with E-state index in [4.69, 9.17) is 4.74 Å². The first-order chi connectivity index (χ1) is 7.33. The highest BCUT2D eigenvalue weighted by Gasteiger charge is 2.31. The van der Waals surface area contributed by atoms with Gasteiger partial charge in [-0.2, -0.15) is 0 Å². The van der Waals surface area contributed by atoms with Gasteiger partial charge < -0.3 is 15.4 Å². The van der Waals surface area contributed by atoms with E-state index in [-0.39, 0.29) is 6.17 Å². The minimum absolute atomic E-state index is 0.172. The van der Waals surface area contributed by atoms with Gasteiger partial charge in [0.25, 0.3) is 0 Å². The van der Waals surface area contributed by atoms with E-state index >= 15 is 0 Å². The summed E-state index contributed by atoms with van der Waals surface area (Å²) in [6, 6.07) is 1.19. The Balaban J connectivity index is 1.92. The van der Waals surface area contributed by atoms with Crippen molar-refractivity contribution in [1.29, 1.82) is 0 Å². The van der Waals surface area contributed by atoms with E-state index in [1.807, 2.05) is 0 Å². The van der Waals surface area contributed by atoms with Gasteiger partial charge in [0.1, 0.15) is 17.5 Å². The van der Waals surface area contributed by atoms with Crippen molar-refractivity contribution in [3.63, 3.8) is 0 Å². The molecule has 1 fully saturated rings. The number of nitrogens with one attached hydrogen (secondary N) is 2. The molecule has 0 bridgehead atoms. The average molecular weight is 291 g/mol. The summed E-state index contributed by atoms with van der Waals surface area (Å²) in [7, 11) is 1.20. The van der Waals surface area contributed by atoms with Crippen LogP contribution in [0.15, 0.2) is 15.3 Å². The largest absolute Gasteiger partial charge is 0.370 e. The molecule has 1 saturated heterocycles. The lowest BCUT2D eigenvalue weighted by Crippen LogP contribution is -2.43. The highest BCUT2D eigenvalue weighted by Crippen LogP contribution is 2.22. The van der Waals surface area contributed by atoms with Crippen molar-refractivity contribution in [1.82, 2.24) is 15.5 Å². The van der Waals surface area contributed by atoms with Crippen molar-refractivity contribution in [2.45, 2.75) is 12.2 Å². The van der Waals surface area contributed by atoms with Crippen LogP contribution in [0.4, 0.5) is 0 Å². The molecule has 2 N–H and O–H groups in total. The monoisotopic (exact) mass is 290 g/mol. The van der Waals surface area contributed by atoms with E-state index < -0.39 is 0 Å². The Kier molecular flexibility index (Phi) is 3.79. The summed E-state index contributed by atoms with van der Waals surface area (Å²) in [4.78, 5) is 6.33. The van der Waals surface area contributed by atoms with Crippen LogP contribution in [0, 0.1) is 0 Å². The zero-order chi connectivity index (χ0) is 10.7. The van der Waals surface area contributed by atoms with E-state index in [1.165, 1.54) is 16.3 Å². The Morgan fingerprint density at radius 1 is 1.73 bits per heavy atom. The molecule has 2 aliphatic heterocycles. The van der Waals surface area contributed by atoms with Gasteiger partial charge in [-0.3, -0.25) is 0 Å². The molecule has 1 atom stereocenters. The second-order valence-electron chi connectivity index (χ2n) is 3.49. The zero-order valence-corrected chi connectivity index (χ0v) is 12.2. The SMILES string of the molecule is [SiH3]CCOCN1CNC2=C(Br)N=CNC21. The molecule has 7 heteroatoms. The Hall–Kier alpha value is -0.373. The molecule has 1 unspecified atom stereocenters. The zero-order valence-electron chi connectivity index (χ0n) is 8.66. The van der Waals surface area contributed by atoms with E-state index in [0.717, 1.165) is 23.6 Å². The molecular formula is C8H15BrN4OSi. The lowest BCUT2D eigenvalue weighted by Gasteiger charge is -2.24. The predicted molar refractivity (Wildman–Crippen MR) is 66.8 cm³/mol. The summed E-state index contributed by atoms with van der Waals surface area (Å²) in [5.41, 5.74) is 1.09. The molecular weight excluding hydrogens is 276 g/mol. The highest BCUT2D eigenvalue weighted by molar-refractivity contribution is 9.11. The topological polar surface area (TPSA) is 48.9 Å². The van der Waals surface area contributed by atoms with Crippen molar-refractivity contribution in [3.8, 4) is 0 Å². The Bertz CT molecular complexity index is 296. The van der Waals surface area contributed by atoms with Crippen LogP contribution in [0.5, 0.6) is 0 Å². The third-order valence-electron chi connectivity index (χ3n) is 2.35. The number of hydrogen-bond acceptors (Lipinski definition) is 5. The van der Waals surface area contributed by atoms with Crippen LogP contribution in [0.3, 0.4) is 0 Å². The first-order valence-electron chi connectivity index (χ1n) is 5.07. The van der Waals surface area contributed by atoms with Crippen molar-refractivity contribution < 1.29 is 4.74 Å². The van der Waals surface area contributed by atoms with E-state index in [9.17, 15) is 0 Å². The van der Waals surface area contributed by atoms with Crippen LogP contribution in [0.1, 0.15) is 0 Å². The third kappa shape index (κ3) is 2.41. The van der Waals surface area contributed by atoms with Crippen LogP contribution < -0.4 is 10.6 Å². The number of aliphatic imine (C=N–C) groups is 1. The molecule has 0 radical (unpaired) electrons. The first-order valence-corrected chi connectivity index (χ1v) is 7.27. The average Bonchev–Trinajstić information content (AvgIpc) is 2.64. The fourth-order valence-electron chi connectivity index (χ4n) is 1.61. The molecule has 0 saturated carbocycles.